The van der Waals surface area contributed by atoms with Crippen LogP contribution in [0.15, 0.2) is 21.5 Å². The fourth-order valence-electron chi connectivity index (χ4n) is 1.71. The molecule has 0 aliphatic carbocycles. The highest BCUT2D eigenvalue weighted by molar-refractivity contribution is 9.10. The predicted molar refractivity (Wildman–Crippen MR) is 79.5 cm³/mol. The van der Waals surface area contributed by atoms with Crippen LogP contribution in [0.4, 0.5) is 0 Å². The zero-order chi connectivity index (χ0) is 15.3. The van der Waals surface area contributed by atoms with Gasteiger partial charge in [-0.15, -0.1) is 0 Å². The van der Waals surface area contributed by atoms with Crippen LogP contribution >= 0.6 is 15.9 Å². The number of hydrogen-bond acceptors (Lipinski definition) is 3. The number of pyridine rings is 1. The Bertz CT molecular complexity index is 554. The molecule has 20 heavy (non-hydrogen) atoms. The number of nitrogens with one attached hydrogen (secondary N) is 3. The zero-order valence-electron chi connectivity index (χ0n) is 11.6. The molecule has 0 radical (unpaired) electrons. The molecule has 0 bridgehead atoms. The Morgan fingerprint density at radius 1 is 1.40 bits per heavy atom. The average Bonchev–Trinajstić information content (AvgIpc) is 2.39. The molecule has 1 rings (SSSR count). The summed E-state index contributed by atoms with van der Waals surface area (Å²) in [5.74, 6) is -0.383. The van der Waals surface area contributed by atoms with Crippen LogP contribution in [-0.4, -0.2) is 29.9 Å². The van der Waals surface area contributed by atoms with E-state index in [0.29, 0.717) is 6.42 Å². The number of likely N-dealkylation sites (N-methyl/N-ethyl adjacent to an activating group) is 1. The number of rotatable bonds is 5. The monoisotopic (exact) mass is 343 g/mol. The third kappa shape index (κ3) is 4.48. The van der Waals surface area contributed by atoms with E-state index in [0.717, 1.165) is 0 Å². The summed E-state index contributed by atoms with van der Waals surface area (Å²) in [5, 5.41) is 5.20. The van der Waals surface area contributed by atoms with Crippen molar-refractivity contribution in [2.24, 2.45) is 5.92 Å². The molecule has 0 saturated heterocycles. The van der Waals surface area contributed by atoms with Crippen LogP contribution in [0.25, 0.3) is 0 Å². The number of carbonyl (C=O) groups is 2. The van der Waals surface area contributed by atoms with E-state index in [4.69, 9.17) is 0 Å². The Morgan fingerprint density at radius 3 is 2.55 bits per heavy atom. The van der Waals surface area contributed by atoms with Crippen molar-refractivity contribution in [1.82, 2.24) is 15.6 Å². The standard InChI is InChI=1S/C13H18BrN3O3/c1-7(2)4-10(13(20)15-3)17-11(18)8-5-9(14)12(19)16-6-8/h5-7,10H,4H2,1-3H3,(H,15,20)(H,16,19)(H,17,18)/t10-/m0/s1. The Hall–Kier alpha value is -1.63. The van der Waals surface area contributed by atoms with Crippen molar-refractivity contribution in [1.29, 1.82) is 0 Å². The van der Waals surface area contributed by atoms with Crippen LogP contribution < -0.4 is 16.2 Å². The molecule has 0 saturated carbocycles. The van der Waals surface area contributed by atoms with Gasteiger partial charge in [0, 0.05) is 13.2 Å². The minimum Gasteiger partial charge on any atom is -0.357 e. The van der Waals surface area contributed by atoms with Gasteiger partial charge in [0.05, 0.1) is 10.0 Å². The maximum atomic E-state index is 12.1. The second-order valence-corrected chi connectivity index (χ2v) is 5.69. The second kappa shape index (κ2) is 7.23. The maximum Gasteiger partial charge on any atom is 0.262 e. The van der Waals surface area contributed by atoms with Gasteiger partial charge in [-0.1, -0.05) is 13.8 Å². The average molecular weight is 344 g/mol. The summed E-state index contributed by atoms with van der Waals surface area (Å²) in [7, 11) is 1.53. The number of H-pyrrole nitrogens is 1. The molecule has 6 nitrogen and oxygen atoms in total. The third-order valence-electron chi connectivity index (χ3n) is 2.70. The van der Waals surface area contributed by atoms with Gasteiger partial charge in [-0.2, -0.15) is 0 Å². The van der Waals surface area contributed by atoms with E-state index in [1.165, 1.54) is 19.3 Å². The highest BCUT2D eigenvalue weighted by atomic mass is 79.9. The van der Waals surface area contributed by atoms with Crippen LogP contribution in [0.2, 0.25) is 0 Å². The van der Waals surface area contributed by atoms with Gasteiger partial charge >= 0.3 is 0 Å². The summed E-state index contributed by atoms with van der Waals surface area (Å²) >= 11 is 3.06. The first-order valence-corrected chi connectivity index (χ1v) is 7.05. The minimum absolute atomic E-state index is 0.240. The lowest BCUT2D eigenvalue weighted by atomic mass is 10.0. The Labute approximate surface area is 125 Å². The van der Waals surface area contributed by atoms with Crippen molar-refractivity contribution in [2.75, 3.05) is 7.05 Å². The highest BCUT2D eigenvalue weighted by Crippen LogP contribution is 2.08. The number of halogens is 1. The highest BCUT2D eigenvalue weighted by Gasteiger charge is 2.21. The molecule has 1 heterocycles. The first-order valence-electron chi connectivity index (χ1n) is 6.25. The quantitative estimate of drug-likeness (QED) is 0.745. The van der Waals surface area contributed by atoms with Gasteiger partial charge in [0.15, 0.2) is 0 Å². The molecule has 0 unspecified atom stereocenters. The molecule has 0 aliphatic rings. The summed E-state index contributed by atoms with van der Waals surface area (Å²) < 4.78 is 0.269. The molecule has 0 spiro atoms. The minimum atomic E-state index is -0.599. The molecule has 1 aromatic rings. The van der Waals surface area contributed by atoms with Gasteiger partial charge in [0.2, 0.25) is 5.91 Å². The number of aromatic nitrogens is 1. The lowest BCUT2D eigenvalue weighted by molar-refractivity contribution is -0.122. The lowest BCUT2D eigenvalue weighted by Gasteiger charge is -2.19. The molecular weight excluding hydrogens is 326 g/mol. The van der Waals surface area contributed by atoms with E-state index in [9.17, 15) is 14.4 Å². The molecule has 1 atom stereocenters. The lowest BCUT2D eigenvalue weighted by Crippen LogP contribution is -2.46. The Balaban J connectivity index is 2.86. The van der Waals surface area contributed by atoms with Crippen molar-refractivity contribution in [3.63, 3.8) is 0 Å². The molecule has 7 heteroatoms. The Kier molecular flexibility index (Phi) is 5.94. The molecular formula is C13H18BrN3O3. The number of carbonyl (C=O) groups excluding carboxylic acids is 2. The van der Waals surface area contributed by atoms with E-state index < -0.39 is 11.9 Å². The molecule has 0 aromatic carbocycles. The fraction of sp³-hybridized carbons (Fsp3) is 0.462. The fourth-order valence-corrected chi connectivity index (χ4v) is 2.07. The summed E-state index contributed by atoms with van der Waals surface area (Å²) in [6, 6.07) is 0.822. The van der Waals surface area contributed by atoms with Crippen LogP contribution in [0, 0.1) is 5.92 Å². The van der Waals surface area contributed by atoms with Crippen LogP contribution in [0.3, 0.4) is 0 Å². The third-order valence-corrected chi connectivity index (χ3v) is 3.28. The predicted octanol–water partition coefficient (Wildman–Crippen LogP) is 1.03. The van der Waals surface area contributed by atoms with Crippen molar-refractivity contribution < 1.29 is 9.59 Å². The molecule has 3 N–H and O–H groups in total. The molecule has 0 fully saturated rings. The topological polar surface area (TPSA) is 91.1 Å². The second-order valence-electron chi connectivity index (χ2n) is 4.84. The van der Waals surface area contributed by atoms with Gasteiger partial charge in [-0.05, 0) is 34.3 Å². The van der Waals surface area contributed by atoms with Crippen LogP contribution in [0.5, 0.6) is 0 Å². The molecule has 110 valence electrons. The number of amides is 2. The van der Waals surface area contributed by atoms with Gasteiger partial charge in [-0.3, -0.25) is 14.4 Å². The smallest absolute Gasteiger partial charge is 0.262 e. The Morgan fingerprint density at radius 2 is 2.05 bits per heavy atom. The summed E-state index contributed by atoms with van der Waals surface area (Å²) in [5.41, 5.74) is -0.0271. The van der Waals surface area contributed by atoms with Crippen LogP contribution in [0.1, 0.15) is 30.6 Å². The first kappa shape index (κ1) is 16.4. The van der Waals surface area contributed by atoms with Gasteiger partial charge in [0.25, 0.3) is 11.5 Å². The van der Waals surface area contributed by atoms with Crippen molar-refractivity contribution in [2.45, 2.75) is 26.3 Å². The van der Waals surface area contributed by atoms with E-state index in [1.54, 1.807) is 0 Å². The SMILES string of the molecule is CNC(=O)[C@H](CC(C)C)NC(=O)c1c[nH]c(=O)c(Br)c1. The van der Waals surface area contributed by atoms with E-state index in [1.807, 2.05) is 13.8 Å². The number of hydrogen-bond donors (Lipinski definition) is 3. The van der Waals surface area contributed by atoms with E-state index >= 15 is 0 Å². The summed E-state index contributed by atoms with van der Waals surface area (Å²) in [4.78, 5) is 37.5. The molecule has 2 amide bonds. The normalized spacial score (nSPS) is 12.1. The zero-order valence-corrected chi connectivity index (χ0v) is 13.2. The van der Waals surface area contributed by atoms with E-state index in [2.05, 4.69) is 31.5 Å². The number of aromatic amines is 1. The van der Waals surface area contributed by atoms with Gasteiger partial charge in [-0.25, -0.2) is 0 Å². The first-order chi connectivity index (χ1) is 9.35. The maximum absolute atomic E-state index is 12.1. The van der Waals surface area contributed by atoms with E-state index in [-0.39, 0.29) is 27.4 Å². The molecule has 1 aromatic heterocycles. The largest absolute Gasteiger partial charge is 0.357 e. The van der Waals surface area contributed by atoms with Crippen molar-refractivity contribution >= 4 is 27.7 Å². The van der Waals surface area contributed by atoms with Crippen molar-refractivity contribution in [3.8, 4) is 0 Å². The van der Waals surface area contributed by atoms with Crippen molar-refractivity contribution in [3.05, 3.63) is 32.7 Å². The van der Waals surface area contributed by atoms with Gasteiger partial charge < -0.3 is 15.6 Å². The summed E-state index contributed by atoms with van der Waals surface area (Å²) in [6.07, 6.45) is 1.86. The van der Waals surface area contributed by atoms with Gasteiger partial charge in [0.1, 0.15) is 6.04 Å². The molecule has 0 aliphatic heterocycles. The van der Waals surface area contributed by atoms with Crippen LogP contribution in [-0.2, 0) is 4.79 Å². The summed E-state index contributed by atoms with van der Waals surface area (Å²) in [6.45, 7) is 3.94.